The summed E-state index contributed by atoms with van der Waals surface area (Å²) >= 11 is 0. The van der Waals surface area contributed by atoms with Gasteiger partial charge in [0.1, 0.15) is 6.10 Å². The minimum absolute atomic E-state index is 0.00444. The van der Waals surface area contributed by atoms with E-state index in [1.165, 1.54) is 10.5 Å². The maximum atomic E-state index is 13.0. The van der Waals surface area contributed by atoms with Crippen molar-refractivity contribution in [2.45, 2.75) is 45.1 Å². The molecule has 0 bridgehead atoms. The number of nitrogens with zero attached hydrogens (tertiary/aromatic N) is 2. The topological polar surface area (TPSA) is 49.9 Å². The Bertz CT molecular complexity index is 840. The second-order valence-electron chi connectivity index (χ2n) is 8.08. The lowest BCUT2D eigenvalue weighted by Gasteiger charge is -2.37. The van der Waals surface area contributed by atoms with Gasteiger partial charge in [0.15, 0.2) is 0 Å². The molecule has 0 unspecified atom stereocenters. The number of rotatable bonds is 6. The molecule has 2 aliphatic rings. The maximum absolute atomic E-state index is 13.0. The third kappa shape index (κ3) is 4.57. The van der Waals surface area contributed by atoms with E-state index in [0.29, 0.717) is 13.0 Å². The Hall–Kier alpha value is -2.50. The molecule has 2 saturated heterocycles. The van der Waals surface area contributed by atoms with Crippen molar-refractivity contribution in [2.75, 3.05) is 13.1 Å². The molecule has 152 valence electrons. The normalized spacial score (nSPS) is 23.1. The van der Waals surface area contributed by atoms with Crippen LogP contribution in [0.25, 0.3) is 0 Å². The number of carbonyl (C=O) groups excluding carboxylic acids is 2. The molecule has 0 radical (unpaired) electrons. The summed E-state index contributed by atoms with van der Waals surface area (Å²) in [6.07, 6.45) is 0.660. The van der Waals surface area contributed by atoms with Crippen molar-refractivity contribution in [1.29, 1.82) is 0 Å². The summed E-state index contributed by atoms with van der Waals surface area (Å²) in [7, 11) is 0. The number of likely N-dealkylation sites (tertiary alicyclic amines) is 2. The van der Waals surface area contributed by atoms with E-state index in [1.807, 2.05) is 36.4 Å². The lowest BCUT2D eigenvalue weighted by Crippen LogP contribution is -2.50. The zero-order valence-electron chi connectivity index (χ0n) is 16.9. The zero-order chi connectivity index (χ0) is 20.2. The molecule has 0 saturated carbocycles. The summed E-state index contributed by atoms with van der Waals surface area (Å²) in [5.41, 5.74) is 2.30. The summed E-state index contributed by atoms with van der Waals surface area (Å²) in [4.78, 5) is 29.5. The zero-order valence-corrected chi connectivity index (χ0v) is 16.9. The first-order chi connectivity index (χ1) is 14.1. The number of benzene rings is 2. The van der Waals surface area contributed by atoms with Crippen LogP contribution in [0.3, 0.4) is 0 Å². The van der Waals surface area contributed by atoms with Crippen LogP contribution >= 0.6 is 0 Å². The Labute approximate surface area is 172 Å². The van der Waals surface area contributed by atoms with Crippen LogP contribution in [0.4, 0.5) is 0 Å². The number of hydrogen-bond donors (Lipinski definition) is 0. The van der Waals surface area contributed by atoms with Gasteiger partial charge in [-0.25, -0.2) is 0 Å². The Balaban J connectivity index is 1.34. The van der Waals surface area contributed by atoms with E-state index in [-0.39, 0.29) is 23.8 Å². The van der Waals surface area contributed by atoms with E-state index in [0.717, 1.165) is 31.6 Å². The predicted octanol–water partition coefficient (Wildman–Crippen LogP) is 3.24. The SMILES string of the molecule is C[C@H](OCc1ccccc1)C(=O)N1C(=O)C[C@H]2CN(Cc3ccccc3)CC[C@@H]21. The highest BCUT2D eigenvalue weighted by atomic mass is 16.5. The van der Waals surface area contributed by atoms with Crippen LogP contribution in [-0.4, -0.2) is 46.8 Å². The minimum Gasteiger partial charge on any atom is -0.364 e. The van der Waals surface area contributed by atoms with E-state index in [1.54, 1.807) is 6.92 Å². The van der Waals surface area contributed by atoms with E-state index in [4.69, 9.17) is 4.74 Å². The lowest BCUT2D eigenvalue weighted by molar-refractivity contribution is -0.153. The van der Waals surface area contributed by atoms with Gasteiger partial charge in [-0.3, -0.25) is 19.4 Å². The number of hydrogen-bond acceptors (Lipinski definition) is 4. The summed E-state index contributed by atoms with van der Waals surface area (Å²) in [5.74, 6) is -0.0399. The molecule has 29 heavy (non-hydrogen) atoms. The molecular weight excluding hydrogens is 364 g/mol. The Morgan fingerprint density at radius 3 is 2.41 bits per heavy atom. The van der Waals surface area contributed by atoms with Gasteiger partial charge in [0.25, 0.3) is 5.91 Å². The molecule has 3 atom stereocenters. The fraction of sp³-hybridized carbons (Fsp3) is 0.417. The summed E-state index contributed by atoms with van der Waals surface area (Å²) in [6, 6.07) is 20.2. The van der Waals surface area contributed by atoms with Crippen molar-refractivity contribution >= 4 is 11.8 Å². The summed E-state index contributed by atoms with van der Waals surface area (Å²) < 4.78 is 5.78. The standard InChI is InChI=1S/C24H28N2O3/c1-18(29-17-20-10-6-3-7-11-20)24(28)26-22-12-13-25(16-21(22)14-23(26)27)15-19-8-4-2-5-9-19/h2-11,18,21-22H,12-17H2,1H3/t18-,21-,22-/m0/s1. The third-order valence-corrected chi connectivity index (χ3v) is 5.99. The quantitative estimate of drug-likeness (QED) is 0.757. The van der Waals surface area contributed by atoms with E-state index >= 15 is 0 Å². The number of amides is 2. The first kappa shape index (κ1) is 19.8. The molecule has 2 aromatic rings. The summed E-state index contributed by atoms with van der Waals surface area (Å²) in [5, 5.41) is 0. The second-order valence-corrected chi connectivity index (χ2v) is 8.08. The molecule has 2 amide bonds. The molecule has 5 nitrogen and oxygen atoms in total. The highest BCUT2D eigenvalue weighted by Crippen LogP contribution is 2.33. The van der Waals surface area contributed by atoms with Gasteiger partial charge in [-0.1, -0.05) is 60.7 Å². The average Bonchev–Trinajstić information content (AvgIpc) is 3.07. The maximum Gasteiger partial charge on any atom is 0.258 e. The number of imide groups is 1. The molecule has 0 aromatic heterocycles. The number of carbonyl (C=O) groups is 2. The van der Waals surface area contributed by atoms with E-state index in [9.17, 15) is 9.59 Å². The van der Waals surface area contributed by atoms with Crippen LogP contribution < -0.4 is 0 Å². The molecule has 0 spiro atoms. The molecule has 2 aromatic carbocycles. The molecule has 2 aliphatic heterocycles. The monoisotopic (exact) mass is 392 g/mol. The van der Waals surface area contributed by atoms with Crippen molar-refractivity contribution in [2.24, 2.45) is 5.92 Å². The Morgan fingerprint density at radius 2 is 1.72 bits per heavy atom. The average molecular weight is 392 g/mol. The molecule has 4 rings (SSSR count). The van der Waals surface area contributed by atoms with Gasteiger partial charge < -0.3 is 4.74 Å². The smallest absolute Gasteiger partial charge is 0.258 e. The molecule has 0 aliphatic carbocycles. The van der Waals surface area contributed by atoms with Crippen LogP contribution in [0.2, 0.25) is 0 Å². The molecule has 2 fully saturated rings. The van der Waals surface area contributed by atoms with Crippen molar-refractivity contribution in [1.82, 2.24) is 9.80 Å². The van der Waals surface area contributed by atoms with E-state index in [2.05, 4.69) is 29.2 Å². The third-order valence-electron chi connectivity index (χ3n) is 5.99. The van der Waals surface area contributed by atoms with Gasteiger partial charge in [-0.15, -0.1) is 0 Å². The summed E-state index contributed by atoms with van der Waals surface area (Å²) in [6.45, 7) is 4.76. The van der Waals surface area contributed by atoms with Gasteiger partial charge in [0, 0.05) is 38.0 Å². The molecule has 0 N–H and O–H groups in total. The minimum atomic E-state index is -0.625. The fourth-order valence-corrected chi connectivity index (χ4v) is 4.48. The fourth-order valence-electron chi connectivity index (χ4n) is 4.48. The van der Waals surface area contributed by atoms with Crippen LogP contribution in [0.5, 0.6) is 0 Å². The van der Waals surface area contributed by atoms with Gasteiger partial charge in [0.05, 0.1) is 6.61 Å². The van der Waals surface area contributed by atoms with Gasteiger partial charge in [-0.05, 0) is 24.5 Å². The van der Waals surface area contributed by atoms with Crippen molar-refractivity contribution in [3.8, 4) is 0 Å². The first-order valence-corrected chi connectivity index (χ1v) is 10.4. The number of piperidine rings is 1. The first-order valence-electron chi connectivity index (χ1n) is 10.4. The number of ether oxygens (including phenoxy) is 1. The van der Waals surface area contributed by atoms with Gasteiger partial charge >= 0.3 is 0 Å². The van der Waals surface area contributed by atoms with Crippen molar-refractivity contribution in [3.05, 3.63) is 71.8 Å². The highest BCUT2D eigenvalue weighted by Gasteiger charge is 2.46. The molecular formula is C24H28N2O3. The predicted molar refractivity (Wildman–Crippen MR) is 111 cm³/mol. The van der Waals surface area contributed by atoms with Crippen molar-refractivity contribution in [3.63, 3.8) is 0 Å². The second kappa shape index (κ2) is 8.89. The largest absolute Gasteiger partial charge is 0.364 e. The molecule has 2 heterocycles. The van der Waals surface area contributed by atoms with Gasteiger partial charge in [-0.2, -0.15) is 0 Å². The van der Waals surface area contributed by atoms with Gasteiger partial charge in [0.2, 0.25) is 5.91 Å². The van der Waals surface area contributed by atoms with Crippen LogP contribution in [0.1, 0.15) is 30.9 Å². The lowest BCUT2D eigenvalue weighted by atomic mass is 9.92. The van der Waals surface area contributed by atoms with Crippen LogP contribution in [0.15, 0.2) is 60.7 Å². The Kier molecular flexibility index (Phi) is 6.07. The van der Waals surface area contributed by atoms with Crippen molar-refractivity contribution < 1.29 is 14.3 Å². The van der Waals surface area contributed by atoms with E-state index < -0.39 is 6.10 Å². The van der Waals surface area contributed by atoms with Crippen LogP contribution in [-0.2, 0) is 27.5 Å². The number of fused-ring (bicyclic) bond motifs is 1. The molecule has 5 heteroatoms. The highest BCUT2D eigenvalue weighted by molar-refractivity contribution is 5.99. The Morgan fingerprint density at radius 1 is 1.07 bits per heavy atom. The van der Waals surface area contributed by atoms with Crippen LogP contribution in [0, 0.1) is 5.92 Å².